The Labute approximate surface area is 127 Å². The van der Waals surface area contributed by atoms with Gasteiger partial charge in [0.2, 0.25) is 0 Å². The third kappa shape index (κ3) is 3.95. The Kier molecular flexibility index (Phi) is 4.81. The van der Waals surface area contributed by atoms with Gasteiger partial charge in [-0.25, -0.2) is 8.78 Å². The highest BCUT2D eigenvalue weighted by Crippen LogP contribution is 2.18. The summed E-state index contributed by atoms with van der Waals surface area (Å²) >= 11 is 5.83. The second-order valence-corrected chi connectivity index (χ2v) is 5.05. The maximum absolute atomic E-state index is 13.6. The van der Waals surface area contributed by atoms with E-state index >= 15 is 0 Å². The minimum absolute atomic E-state index is 0.0630. The lowest BCUT2D eigenvalue weighted by Crippen LogP contribution is -2.32. The van der Waals surface area contributed by atoms with Crippen LogP contribution in [0.5, 0.6) is 0 Å². The summed E-state index contributed by atoms with van der Waals surface area (Å²) in [6.07, 6.45) is 1.43. The molecule has 21 heavy (non-hydrogen) atoms. The van der Waals surface area contributed by atoms with Crippen molar-refractivity contribution >= 4 is 23.4 Å². The number of hydrogen-bond acceptors (Lipinski definition) is 2. The van der Waals surface area contributed by atoms with E-state index in [0.717, 1.165) is 5.69 Å². The van der Waals surface area contributed by atoms with Crippen molar-refractivity contribution in [3.63, 3.8) is 0 Å². The number of hydrazine groups is 1. The van der Waals surface area contributed by atoms with Crippen LogP contribution in [0.4, 0.5) is 14.5 Å². The molecule has 0 saturated heterocycles. The lowest BCUT2D eigenvalue weighted by atomic mass is 10.1. The number of benzene rings is 2. The molecule has 110 valence electrons. The predicted molar refractivity (Wildman–Crippen MR) is 83.0 cm³/mol. The van der Waals surface area contributed by atoms with Crippen molar-refractivity contribution < 1.29 is 8.78 Å². The molecule has 0 saturated carbocycles. The molecule has 0 unspecified atom stereocenters. The van der Waals surface area contributed by atoms with Gasteiger partial charge in [0, 0.05) is 23.3 Å². The summed E-state index contributed by atoms with van der Waals surface area (Å²) in [6.45, 7) is 1.73. The molecule has 2 nitrogen and oxygen atoms in total. The molecular weight excluding hydrogens is 294 g/mol. The van der Waals surface area contributed by atoms with Crippen LogP contribution < -0.4 is 10.4 Å². The standard InChI is InChI=1S/C16H15ClF2N2/c1-11(10-14-15(18)4-3-5-16(14)19)20-21(2)13-8-6-12(17)7-9-13/h3-10,20H,1-2H3/b11-10+. The Hall–Kier alpha value is -2.07. The summed E-state index contributed by atoms with van der Waals surface area (Å²) < 4.78 is 27.1. The summed E-state index contributed by atoms with van der Waals surface area (Å²) in [5.74, 6) is -1.18. The van der Waals surface area contributed by atoms with Crippen molar-refractivity contribution in [3.05, 3.63) is 70.4 Å². The third-order valence-corrected chi connectivity index (χ3v) is 3.17. The van der Waals surface area contributed by atoms with Crippen molar-refractivity contribution in [1.29, 1.82) is 0 Å². The monoisotopic (exact) mass is 308 g/mol. The quantitative estimate of drug-likeness (QED) is 0.829. The molecule has 2 aromatic carbocycles. The fourth-order valence-electron chi connectivity index (χ4n) is 1.89. The van der Waals surface area contributed by atoms with E-state index in [9.17, 15) is 8.78 Å². The van der Waals surface area contributed by atoms with Gasteiger partial charge >= 0.3 is 0 Å². The van der Waals surface area contributed by atoms with Crippen molar-refractivity contribution in [3.8, 4) is 0 Å². The molecule has 0 aliphatic rings. The van der Waals surface area contributed by atoms with E-state index < -0.39 is 11.6 Å². The lowest BCUT2D eigenvalue weighted by Gasteiger charge is -2.22. The van der Waals surface area contributed by atoms with Crippen molar-refractivity contribution in [1.82, 2.24) is 5.43 Å². The average Bonchev–Trinajstić information content (AvgIpc) is 2.43. The number of rotatable bonds is 4. The molecule has 2 rings (SSSR count). The van der Waals surface area contributed by atoms with Gasteiger partial charge in [-0.1, -0.05) is 17.7 Å². The molecule has 0 heterocycles. The normalized spacial score (nSPS) is 11.4. The minimum Gasteiger partial charge on any atom is -0.303 e. The highest BCUT2D eigenvalue weighted by atomic mass is 35.5. The smallest absolute Gasteiger partial charge is 0.133 e. The molecule has 0 fully saturated rings. The number of anilines is 1. The second-order valence-electron chi connectivity index (χ2n) is 4.61. The van der Waals surface area contributed by atoms with Crippen molar-refractivity contribution in [2.75, 3.05) is 12.1 Å². The van der Waals surface area contributed by atoms with Gasteiger partial charge in [-0.05, 0) is 49.4 Å². The summed E-state index contributed by atoms with van der Waals surface area (Å²) in [4.78, 5) is 0. The maximum Gasteiger partial charge on any atom is 0.133 e. The molecule has 0 aromatic heterocycles. The Morgan fingerprint density at radius 3 is 2.24 bits per heavy atom. The molecular formula is C16H15ClF2N2. The highest BCUT2D eigenvalue weighted by molar-refractivity contribution is 6.30. The predicted octanol–water partition coefficient (Wildman–Crippen LogP) is 4.62. The van der Waals surface area contributed by atoms with Crippen LogP contribution >= 0.6 is 11.6 Å². The second kappa shape index (κ2) is 6.59. The molecule has 1 N–H and O–H groups in total. The van der Waals surface area contributed by atoms with Crippen LogP contribution in [0.1, 0.15) is 12.5 Å². The molecule has 5 heteroatoms. The fourth-order valence-corrected chi connectivity index (χ4v) is 2.02. The minimum atomic E-state index is -0.592. The first kappa shape index (κ1) is 15.3. The summed E-state index contributed by atoms with van der Waals surface area (Å²) in [7, 11) is 1.80. The fraction of sp³-hybridized carbons (Fsp3) is 0.125. The van der Waals surface area contributed by atoms with Crippen molar-refractivity contribution in [2.24, 2.45) is 0 Å². The van der Waals surface area contributed by atoms with Crippen molar-refractivity contribution in [2.45, 2.75) is 6.92 Å². The van der Waals surface area contributed by atoms with E-state index in [1.807, 2.05) is 12.1 Å². The molecule has 0 bridgehead atoms. The lowest BCUT2D eigenvalue weighted by molar-refractivity contribution is 0.578. The van der Waals surface area contributed by atoms with Gasteiger partial charge < -0.3 is 5.43 Å². The zero-order chi connectivity index (χ0) is 15.4. The largest absolute Gasteiger partial charge is 0.303 e. The van der Waals surface area contributed by atoms with Gasteiger partial charge in [-0.3, -0.25) is 5.01 Å². The average molecular weight is 309 g/mol. The topological polar surface area (TPSA) is 15.3 Å². The first-order valence-corrected chi connectivity index (χ1v) is 6.73. The molecule has 0 atom stereocenters. The third-order valence-electron chi connectivity index (χ3n) is 2.92. The first-order valence-electron chi connectivity index (χ1n) is 6.35. The van der Waals surface area contributed by atoms with E-state index in [0.29, 0.717) is 10.7 Å². The Morgan fingerprint density at radius 1 is 1.10 bits per heavy atom. The van der Waals surface area contributed by atoms with Crippen LogP contribution in [-0.4, -0.2) is 7.05 Å². The van der Waals surface area contributed by atoms with Gasteiger partial charge in [0.15, 0.2) is 0 Å². The van der Waals surface area contributed by atoms with Crippen LogP contribution in [-0.2, 0) is 0 Å². The van der Waals surface area contributed by atoms with E-state index in [1.165, 1.54) is 24.3 Å². The van der Waals surface area contributed by atoms with Crippen LogP contribution in [0.25, 0.3) is 6.08 Å². The molecule has 0 spiro atoms. The molecule has 0 aliphatic carbocycles. The Bertz CT molecular complexity index is 634. The number of halogens is 3. The molecule has 0 amide bonds. The molecule has 0 aliphatic heterocycles. The van der Waals surface area contributed by atoms with Gasteiger partial charge in [-0.2, -0.15) is 0 Å². The van der Waals surface area contributed by atoms with Crippen LogP contribution in [0.3, 0.4) is 0 Å². The number of hydrogen-bond donors (Lipinski definition) is 1. The van der Waals surface area contributed by atoms with Gasteiger partial charge in [0.05, 0.1) is 5.69 Å². The highest BCUT2D eigenvalue weighted by Gasteiger charge is 2.07. The van der Waals surface area contributed by atoms with Gasteiger partial charge in [0.25, 0.3) is 0 Å². The van der Waals surface area contributed by atoms with Crippen LogP contribution in [0.2, 0.25) is 5.02 Å². The molecule has 2 aromatic rings. The SMILES string of the molecule is C/C(=C\c1c(F)cccc1F)NN(C)c1ccc(Cl)cc1. The Morgan fingerprint density at radius 2 is 1.67 bits per heavy atom. The van der Waals surface area contributed by atoms with E-state index in [2.05, 4.69) is 5.43 Å². The number of allylic oxidation sites excluding steroid dienone is 1. The summed E-state index contributed by atoms with van der Waals surface area (Å²) in [6, 6.07) is 11.0. The zero-order valence-corrected chi connectivity index (χ0v) is 12.5. The number of nitrogens with zero attached hydrogens (tertiary/aromatic N) is 1. The van der Waals surface area contributed by atoms with E-state index in [-0.39, 0.29) is 5.56 Å². The first-order chi connectivity index (χ1) is 9.97. The van der Waals surface area contributed by atoms with Gasteiger partial charge in [0.1, 0.15) is 11.6 Å². The maximum atomic E-state index is 13.6. The van der Waals surface area contributed by atoms with Crippen LogP contribution in [0.15, 0.2) is 48.2 Å². The van der Waals surface area contributed by atoms with Crippen LogP contribution in [0, 0.1) is 11.6 Å². The molecule has 0 radical (unpaired) electrons. The van der Waals surface area contributed by atoms with Gasteiger partial charge in [-0.15, -0.1) is 0 Å². The summed E-state index contributed by atoms with van der Waals surface area (Å²) in [5.41, 5.74) is 4.46. The van der Waals surface area contributed by atoms with E-state index in [1.54, 1.807) is 31.1 Å². The number of nitrogens with one attached hydrogen (secondary N) is 1. The zero-order valence-electron chi connectivity index (χ0n) is 11.7. The van der Waals surface area contributed by atoms with E-state index in [4.69, 9.17) is 11.6 Å². The Balaban J connectivity index is 2.15. The summed E-state index contributed by atoms with van der Waals surface area (Å²) in [5, 5.41) is 2.38.